The van der Waals surface area contributed by atoms with Crippen LogP contribution in [0.3, 0.4) is 0 Å². The van der Waals surface area contributed by atoms with Crippen LogP contribution < -0.4 is 5.32 Å². The second kappa shape index (κ2) is 6.18. The van der Waals surface area contributed by atoms with E-state index in [0.29, 0.717) is 18.3 Å². The number of aryl methyl sites for hydroxylation is 1. The van der Waals surface area contributed by atoms with E-state index >= 15 is 0 Å². The number of nitrogens with one attached hydrogen (secondary N) is 1. The van der Waals surface area contributed by atoms with Crippen molar-refractivity contribution in [2.24, 2.45) is 0 Å². The van der Waals surface area contributed by atoms with Gasteiger partial charge in [0.15, 0.2) is 0 Å². The lowest BCUT2D eigenvalue weighted by Gasteiger charge is -2.39. The summed E-state index contributed by atoms with van der Waals surface area (Å²) in [6.07, 6.45) is 4.79. The van der Waals surface area contributed by atoms with Crippen LogP contribution in [0, 0.1) is 0 Å². The first-order chi connectivity index (χ1) is 13.1. The van der Waals surface area contributed by atoms with Gasteiger partial charge in [-0.1, -0.05) is 17.3 Å². The Balaban J connectivity index is 1.30. The molecule has 0 spiro atoms. The zero-order chi connectivity index (χ0) is 18.5. The van der Waals surface area contributed by atoms with Crippen molar-refractivity contribution in [1.29, 1.82) is 0 Å². The minimum atomic E-state index is -0.314. The molecule has 1 aliphatic heterocycles. The van der Waals surface area contributed by atoms with Gasteiger partial charge in [-0.25, -0.2) is 0 Å². The molecule has 2 atom stereocenters. The zero-order valence-corrected chi connectivity index (χ0v) is 15.3. The maximum atomic E-state index is 12.5. The summed E-state index contributed by atoms with van der Waals surface area (Å²) in [4.78, 5) is 30.2. The Bertz CT molecular complexity index is 918. The number of benzene rings is 1. The first-order valence-electron chi connectivity index (χ1n) is 9.64. The van der Waals surface area contributed by atoms with Crippen molar-refractivity contribution in [3.05, 3.63) is 35.2 Å². The van der Waals surface area contributed by atoms with Gasteiger partial charge in [-0.2, -0.15) is 4.98 Å². The fourth-order valence-corrected chi connectivity index (χ4v) is 4.06. The predicted molar refractivity (Wildman–Crippen MR) is 96.7 cm³/mol. The van der Waals surface area contributed by atoms with Crippen LogP contribution in [0.5, 0.6) is 0 Å². The van der Waals surface area contributed by atoms with E-state index in [1.165, 1.54) is 12.5 Å². The second-order valence-electron chi connectivity index (χ2n) is 7.76. The molecular formula is C20H22N4O3. The van der Waals surface area contributed by atoms with Crippen LogP contribution in [0.4, 0.5) is 0 Å². The Morgan fingerprint density at radius 1 is 1.22 bits per heavy atom. The van der Waals surface area contributed by atoms with Gasteiger partial charge in [0, 0.05) is 24.9 Å². The summed E-state index contributed by atoms with van der Waals surface area (Å²) < 4.78 is 5.36. The third kappa shape index (κ3) is 2.91. The van der Waals surface area contributed by atoms with Crippen molar-refractivity contribution >= 4 is 11.8 Å². The highest BCUT2D eigenvalue weighted by Gasteiger charge is 2.37. The molecule has 2 aliphatic carbocycles. The average Bonchev–Trinajstić information content (AvgIpc) is 3.20. The standard InChI is InChI=1S/C20H22N4O3/c1-11(25)24-9-8-17(24)19(26)21-16-7-5-13-10-14(4-6-15(13)16)18-22-20(27-23-18)12-2-3-12/h4,6,10,12,16-17H,2-3,5,7-9H2,1H3,(H,21,26)/t16-,17?/m1/s1. The van der Waals surface area contributed by atoms with Gasteiger partial charge in [0.05, 0.1) is 6.04 Å². The van der Waals surface area contributed by atoms with Crippen LogP contribution in [0.25, 0.3) is 11.4 Å². The Hall–Kier alpha value is -2.70. The Morgan fingerprint density at radius 2 is 2.07 bits per heavy atom. The fraction of sp³-hybridized carbons (Fsp3) is 0.500. The van der Waals surface area contributed by atoms with E-state index in [4.69, 9.17) is 4.52 Å². The molecule has 1 unspecified atom stereocenters. The number of aromatic nitrogens is 2. The van der Waals surface area contributed by atoms with E-state index in [1.54, 1.807) is 4.90 Å². The molecular weight excluding hydrogens is 344 g/mol. The molecule has 2 aromatic rings. The third-order valence-electron chi connectivity index (χ3n) is 5.89. The predicted octanol–water partition coefficient (Wildman–Crippen LogP) is 2.34. The van der Waals surface area contributed by atoms with Crippen molar-refractivity contribution < 1.29 is 14.1 Å². The number of likely N-dealkylation sites (tertiary alicyclic amines) is 1. The molecule has 1 aromatic carbocycles. The fourth-order valence-electron chi connectivity index (χ4n) is 4.06. The van der Waals surface area contributed by atoms with E-state index in [-0.39, 0.29) is 23.9 Å². The quantitative estimate of drug-likeness (QED) is 0.897. The van der Waals surface area contributed by atoms with Crippen LogP contribution in [0.2, 0.25) is 0 Å². The molecule has 2 amide bonds. The Labute approximate surface area is 157 Å². The highest BCUT2D eigenvalue weighted by atomic mass is 16.5. The van der Waals surface area contributed by atoms with Gasteiger partial charge in [0.2, 0.25) is 23.5 Å². The molecule has 7 nitrogen and oxygen atoms in total. The first-order valence-corrected chi connectivity index (χ1v) is 9.64. The van der Waals surface area contributed by atoms with Crippen molar-refractivity contribution in [2.75, 3.05) is 6.54 Å². The van der Waals surface area contributed by atoms with Gasteiger partial charge in [0.25, 0.3) is 0 Å². The molecule has 1 aromatic heterocycles. The number of amides is 2. The number of nitrogens with zero attached hydrogens (tertiary/aromatic N) is 3. The zero-order valence-electron chi connectivity index (χ0n) is 15.3. The summed E-state index contributed by atoms with van der Waals surface area (Å²) in [5, 5.41) is 7.24. The molecule has 0 radical (unpaired) electrons. The summed E-state index contributed by atoms with van der Waals surface area (Å²) in [5.41, 5.74) is 3.32. The van der Waals surface area contributed by atoms with Gasteiger partial charge in [-0.05, 0) is 49.3 Å². The van der Waals surface area contributed by atoms with Crippen molar-refractivity contribution in [2.45, 2.75) is 57.0 Å². The minimum absolute atomic E-state index is 0.00301. The lowest BCUT2D eigenvalue weighted by molar-refractivity contribution is -0.146. The highest BCUT2D eigenvalue weighted by Crippen LogP contribution is 2.40. The molecule has 0 bridgehead atoms. The molecule has 3 aliphatic rings. The molecule has 1 N–H and O–H groups in total. The normalized spacial score (nSPS) is 23.7. The summed E-state index contributed by atoms with van der Waals surface area (Å²) in [6.45, 7) is 2.18. The smallest absolute Gasteiger partial charge is 0.243 e. The summed E-state index contributed by atoms with van der Waals surface area (Å²) in [7, 11) is 0. The van der Waals surface area contributed by atoms with Gasteiger partial charge >= 0.3 is 0 Å². The minimum Gasteiger partial charge on any atom is -0.347 e. The molecule has 1 saturated heterocycles. The van der Waals surface area contributed by atoms with E-state index in [2.05, 4.69) is 27.6 Å². The number of carbonyl (C=O) groups excluding carboxylic acids is 2. The first kappa shape index (κ1) is 16.5. The maximum absolute atomic E-state index is 12.5. The molecule has 5 rings (SSSR count). The lowest BCUT2D eigenvalue weighted by atomic mass is 10.0. The van der Waals surface area contributed by atoms with E-state index in [9.17, 15) is 9.59 Å². The number of hydrogen-bond acceptors (Lipinski definition) is 5. The van der Waals surface area contributed by atoms with Gasteiger partial charge < -0.3 is 14.7 Å². The molecule has 2 fully saturated rings. The van der Waals surface area contributed by atoms with Gasteiger partial charge in [0.1, 0.15) is 6.04 Å². The van der Waals surface area contributed by atoms with Gasteiger partial charge in [-0.3, -0.25) is 9.59 Å². The van der Waals surface area contributed by atoms with Crippen LogP contribution in [-0.2, 0) is 16.0 Å². The number of carbonyl (C=O) groups is 2. The topological polar surface area (TPSA) is 88.3 Å². The molecule has 140 valence electrons. The van der Waals surface area contributed by atoms with E-state index in [1.807, 2.05) is 6.07 Å². The van der Waals surface area contributed by atoms with E-state index in [0.717, 1.165) is 49.1 Å². The Kier molecular flexibility index (Phi) is 3.77. The second-order valence-corrected chi connectivity index (χ2v) is 7.76. The van der Waals surface area contributed by atoms with Gasteiger partial charge in [-0.15, -0.1) is 0 Å². The van der Waals surface area contributed by atoms with E-state index < -0.39 is 0 Å². The SMILES string of the molecule is CC(=O)N1CCC1C(=O)N[C@@H]1CCc2cc(-c3noc(C4CC4)n3)ccc21. The van der Waals surface area contributed by atoms with Crippen LogP contribution in [-0.4, -0.2) is 39.4 Å². The van der Waals surface area contributed by atoms with Crippen LogP contribution >= 0.6 is 0 Å². The third-order valence-corrected chi connectivity index (χ3v) is 5.89. The van der Waals surface area contributed by atoms with Crippen molar-refractivity contribution in [3.8, 4) is 11.4 Å². The summed E-state index contributed by atoms with van der Waals surface area (Å²) in [5.74, 6) is 1.74. The number of hydrogen-bond donors (Lipinski definition) is 1. The van der Waals surface area contributed by atoms with Crippen LogP contribution in [0.15, 0.2) is 22.7 Å². The lowest BCUT2D eigenvalue weighted by Crippen LogP contribution is -2.57. The Morgan fingerprint density at radius 3 is 2.78 bits per heavy atom. The largest absolute Gasteiger partial charge is 0.347 e. The molecule has 2 heterocycles. The summed E-state index contributed by atoms with van der Waals surface area (Å²) in [6, 6.07) is 5.85. The van der Waals surface area contributed by atoms with Crippen LogP contribution in [0.1, 0.15) is 61.6 Å². The number of rotatable bonds is 4. The maximum Gasteiger partial charge on any atom is 0.243 e. The van der Waals surface area contributed by atoms with Crippen molar-refractivity contribution in [3.63, 3.8) is 0 Å². The monoisotopic (exact) mass is 366 g/mol. The molecule has 1 saturated carbocycles. The summed E-state index contributed by atoms with van der Waals surface area (Å²) >= 11 is 0. The molecule has 7 heteroatoms. The van der Waals surface area contributed by atoms with Crippen molar-refractivity contribution in [1.82, 2.24) is 20.4 Å². The number of fused-ring (bicyclic) bond motifs is 1. The average molecular weight is 366 g/mol. The molecule has 27 heavy (non-hydrogen) atoms. The highest BCUT2D eigenvalue weighted by molar-refractivity contribution is 5.88.